The molecule has 4 nitrogen and oxygen atoms in total. The van der Waals surface area contributed by atoms with Gasteiger partial charge in [0.25, 0.3) is 0 Å². The average Bonchev–Trinajstić information content (AvgIpc) is 3.06. The minimum absolute atomic E-state index is 0.0100. The number of anilines is 1. The Balaban J connectivity index is 1.40. The van der Waals surface area contributed by atoms with Gasteiger partial charge in [-0.15, -0.1) is 11.8 Å². The van der Waals surface area contributed by atoms with Gasteiger partial charge >= 0.3 is 0 Å². The minimum atomic E-state index is 0.0100. The van der Waals surface area contributed by atoms with Gasteiger partial charge in [-0.1, -0.05) is 35.9 Å². The fourth-order valence-electron chi connectivity index (χ4n) is 2.85. The van der Waals surface area contributed by atoms with E-state index < -0.39 is 0 Å². The van der Waals surface area contributed by atoms with Crippen molar-refractivity contribution in [3.63, 3.8) is 0 Å². The van der Waals surface area contributed by atoms with Gasteiger partial charge in [-0.05, 0) is 41.8 Å². The molecule has 0 radical (unpaired) electrons. The van der Waals surface area contributed by atoms with Crippen molar-refractivity contribution < 1.29 is 9.59 Å². The third-order valence-electron chi connectivity index (χ3n) is 4.20. The third-order valence-corrected chi connectivity index (χ3v) is 5.44. The highest BCUT2D eigenvalue weighted by Gasteiger charge is 2.21. The first-order chi connectivity index (χ1) is 12.6. The van der Waals surface area contributed by atoms with Crippen LogP contribution in [0.25, 0.3) is 0 Å². The number of nitrogens with zero attached hydrogens (tertiary/aromatic N) is 1. The monoisotopic (exact) mass is 388 g/mol. The number of amides is 2. The predicted octanol–water partition coefficient (Wildman–Crippen LogP) is 4.02. The molecule has 1 fully saturated rings. The molecule has 2 aromatic rings. The number of thioether (sulfide) groups is 1. The molecule has 6 heteroatoms. The van der Waals surface area contributed by atoms with Crippen molar-refractivity contribution in [2.24, 2.45) is 0 Å². The average molecular weight is 389 g/mol. The van der Waals surface area contributed by atoms with Gasteiger partial charge in [0.05, 0.1) is 5.75 Å². The SMILES string of the molecule is O=C(CSCc1cccc(Cl)c1)NCc1ccc(N2CCCC2=O)cc1. The van der Waals surface area contributed by atoms with Crippen molar-refractivity contribution in [2.75, 3.05) is 17.2 Å². The van der Waals surface area contributed by atoms with E-state index in [2.05, 4.69) is 5.32 Å². The third kappa shape index (κ3) is 5.26. The molecule has 1 heterocycles. The van der Waals surface area contributed by atoms with Gasteiger partial charge < -0.3 is 10.2 Å². The lowest BCUT2D eigenvalue weighted by Crippen LogP contribution is -2.25. The Morgan fingerprint density at radius 2 is 1.96 bits per heavy atom. The Morgan fingerprint density at radius 1 is 1.15 bits per heavy atom. The summed E-state index contributed by atoms with van der Waals surface area (Å²) in [4.78, 5) is 25.6. The van der Waals surface area contributed by atoms with E-state index in [4.69, 9.17) is 11.6 Å². The van der Waals surface area contributed by atoms with Crippen LogP contribution in [0.15, 0.2) is 48.5 Å². The second kappa shape index (κ2) is 9.10. The Labute approximate surface area is 162 Å². The Kier molecular flexibility index (Phi) is 6.58. The van der Waals surface area contributed by atoms with Gasteiger partial charge in [-0.2, -0.15) is 0 Å². The topological polar surface area (TPSA) is 49.4 Å². The molecule has 3 rings (SSSR count). The van der Waals surface area contributed by atoms with Gasteiger partial charge in [-0.25, -0.2) is 0 Å². The second-order valence-corrected chi connectivity index (χ2v) is 7.64. The van der Waals surface area contributed by atoms with E-state index in [0.29, 0.717) is 23.7 Å². The minimum Gasteiger partial charge on any atom is -0.351 e. The molecule has 0 aromatic heterocycles. The number of carbonyl (C=O) groups is 2. The fourth-order valence-corrected chi connectivity index (χ4v) is 3.87. The van der Waals surface area contributed by atoms with Crippen molar-refractivity contribution in [1.29, 1.82) is 0 Å². The van der Waals surface area contributed by atoms with Crippen LogP contribution in [-0.4, -0.2) is 24.1 Å². The summed E-state index contributed by atoms with van der Waals surface area (Å²) >= 11 is 7.52. The highest BCUT2D eigenvalue weighted by molar-refractivity contribution is 7.99. The van der Waals surface area contributed by atoms with E-state index in [1.807, 2.05) is 53.4 Å². The molecule has 136 valence electrons. The van der Waals surface area contributed by atoms with Gasteiger partial charge in [0.1, 0.15) is 0 Å². The summed E-state index contributed by atoms with van der Waals surface area (Å²) in [7, 11) is 0. The van der Waals surface area contributed by atoms with E-state index in [1.165, 1.54) is 0 Å². The van der Waals surface area contributed by atoms with Crippen molar-refractivity contribution in [3.8, 4) is 0 Å². The van der Waals surface area contributed by atoms with E-state index in [-0.39, 0.29) is 11.8 Å². The van der Waals surface area contributed by atoms with Gasteiger partial charge in [0.2, 0.25) is 11.8 Å². The zero-order chi connectivity index (χ0) is 18.4. The summed E-state index contributed by atoms with van der Waals surface area (Å²) in [6.07, 6.45) is 1.55. The zero-order valence-electron chi connectivity index (χ0n) is 14.4. The molecule has 1 N–H and O–H groups in total. The molecule has 0 aliphatic carbocycles. The number of carbonyl (C=O) groups excluding carboxylic acids is 2. The summed E-state index contributed by atoms with van der Waals surface area (Å²) < 4.78 is 0. The van der Waals surface area contributed by atoms with Crippen LogP contribution in [-0.2, 0) is 21.9 Å². The molecule has 1 saturated heterocycles. The van der Waals surface area contributed by atoms with Gasteiger partial charge in [0.15, 0.2) is 0 Å². The Morgan fingerprint density at radius 3 is 2.65 bits per heavy atom. The van der Waals surface area contributed by atoms with Crippen molar-refractivity contribution in [2.45, 2.75) is 25.1 Å². The number of nitrogens with one attached hydrogen (secondary N) is 1. The van der Waals surface area contributed by atoms with E-state index in [0.717, 1.165) is 35.5 Å². The van der Waals surface area contributed by atoms with Gasteiger partial charge in [0, 0.05) is 36.0 Å². The van der Waals surface area contributed by atoms with Crippen molar-refractivity contribution in [3.05, 3.63) is 64.7 Å². The summed E-state index contributed by atoms with van der Waals surface area (Å²) in [6, 6.07) is 15.5. The van der Waals surface area contributed by atoms with Crippen LogP contribution in [0.1, 0.15) is 24.0 Å². The molecule has 0 bridgehead atoms. The van der Waals surface area contributed by atoms with Crippen LogP contribution in [0.4, 0.5) is 5.69 Å². The Hall–Kier alpha value is -1.98. The predicted molar refractivity (Wildman–Crippen MR) is 107 cm³/mol. The smallest absolute Gasteiger partial charge is 0.230 e. The quantitative estimate of drug-likeness (QED) is 0.779. The highest BCUT2D eigenvalue weighted by atomic mass is 35.5. The van der Waals surface area contributed by atoms with E-state index >= 15 is 0 Å². The number of hydrogen-bond donors (Lipinski definition) is 1. The van der Waals surface area contributed by atoms with Crippen molar-refractivity contribution in [1.82, 2.24) is 5.32 Å². The van der Waals surface area contributed by atoms with Crippen LogP contribution in [0, 0.1) is 0 Å². The molecule has 0 unspecified atom stereocenters. The Bertz CT molecular complexity index is 780. The zero-order valence-corrected chi connectivity index (χ0v) is 16.0. The summed E-state index contributed by atoms with van der Waals surface area (Å²) in [6.45, 7) is 1.28. The first-order valence-corrected chi connectivity index (χ1v) is 10.1. The molecular weight excluding hydrogens is 368 g/mol. The molecule has 0 saturated carbocycles. The van der Waals surface area contributed by atoms with E-state index in [1.54, 1.807) is 11.8 Å². The summed E-state index contributed by atoms with van der Waals surface area (Å²) in [5.74, 6) is 1.36. The van der Waals surface area contributed by atoms with Crippen molar-refractivity contribution >= 4 is 40.9 Å². The number of halogens is 1. The normalized spacial score (nSPS) is 13.9. The highest BCUT2D eigenvalue weighted by Crippen LogP contribution is 2.21. The van der Waals surface area contributed by atoms with Gasteiger partial charge in [-0.3, -0.25) is 9.59 Å². The summed E-state index contributed by atoms with van der Waals surface area (Å²) in [5, 5.41) is 3.64. The standard InChI is InChI=1S/C20H21ClN2O2S/c21-17-4-1-3-16(11-17)13-26-14-19(24)22-12-15-6-8-18(9-7-15)23-10-2-5-20(23)25/h1,3-4,6-9,11H,2,5,10,12-14H2,(H,22,24). The maximum Gasteiger partial charge on any atom is 0.230 e. The number of benzene rings is 2. The van der Waals surface area contributed by atoms with Crippen LogP contribution < -0.4 is 10.2 Å². The van der Waals surface area contributed by atoms with Crippen LogP contribution >= 0.6 is 23.4 Å². The van der Waals surface area contributed by atoms with E-state index in [9.17, 15) is 9.59 Å². The first-order valence-electron chi connectivity index (χ1n) is 8.60. The first kappa shape index (κ1) is 18.8. The lowest BCUT2D eigenvalue weighted by molar-refractivity contribution is -0.119. The molecule has 0 spiro atoms. The van der Waals surface area contributed by atoms with Crippen LogP contribution in [0.5, 0.6) is 0 Å². The van der Waals surface area contributed by atoms with Crippen LogP contribution in [0.3, 0.4) is 0 Å². The number of hydrogen-bond acceptors (Lipinski definition) is 3. The molecule has 2 aromatic carbocycles. The molecular formula is C20H21ClN2O2S. The second-order valence-electron chi connectivity index (χ2n) is 6.21. The summed E-state index contributed by atoms with van der Waals surface area (Å²) in [5.41, 5.74) is 3.07. The maximum atomic E-state index is 12.0. The molecule has 1 aliphatic rings. The molecule has 1 aliphatic heterocycles. The fraction of sp³-hybridized carbons (Fsp3) is 0.300. The lowest BCUT2D eigenvalue weighted by atomic mass is 10.2. The maximum absolute atomic E-state index is 12.0. The molecule has 2 amide bonds. The molecule has 26 heavy (non-hydrogen) atoms. The van der Waals surface area contributed by atoms with Crippen LogP contribution in [0.2, 0.25) is 5.02 Å². The number of rotatable bonds is 7. The lowest BCUT2D eigenvalue weighted by Gasteiger charge is -2.16. The molecule has 0 atom stereocenters. The largest absolute Gasteiger partial charge is 0.351 e.